The first-order valence-corrected chi connectivity index (χ1v) is 4.95. The molecule has 0 fully saturated rings. The molecule has 0 amide bonds. The summed E-state index contributed by atoms with van der Waals surface area (Å²) in [7, 11) is 0. The first-order valence-electron chi connectivity index (χ1n) is 4.38. The van der Waals surface area contributed by atoms with Crippen LogP contribution < -0.4 is 0 Å². The van der Waals surface area contributed by atoms with Crippen molar-refractivity contribution in [2.24, 2.45) is 5.92 Å². The molecule has 0 aromatic carbocycles. The Balaban J connectivity index is -0.0000000321. The summed E-state index contributed by atoms with van der Waals surface area (Å²) >= 11 is 4.73. The summed E-state index contributed by atoms with van der Waals surface area (Å²) in [5.41, 5.74) is 0. The quantitative estimate of drug-likeness (QED) is 0.394. The first-order chi connectivity index (χ1) is 5.22. The standard InChI is InChI=1S/C5H11S.C5H11.W.2Y/c1-3-5(2)4-6;1-3-5-4-2;;;/h5-6H,1,3-4H2,2H3;3H,4-5H2,1-2H3;;;/q2*-1;+2;;/p-1. The second-order valence-electron chi connectivity index (χ2n) is 2.76. The fourth-order valence-corrected chi connectivity index (χ4v) is 0.539. The molecule has 0 bridgehead atoms. The monoisotopic (exact) mass is 535 g/mol. The third-order valence-electron chi connectivity index (χ3n) is 1.35. The van der Waals surface area contributed by atoms with Gasteiger partial charge in [0.05, 0.1) is 0 Å². The Labute approximate surface area is 161 Å². The van der Waals surface area contributed by atoms with Crippen LogP contribution in [0.2, 0.25) is 0 Å². The van der Waals surface area contributed by atoms with E-state index in [2.05, 4.69) is 34.1 Å². The molecule has 0 aromatic rings. The molecular weight excluding hydrogens is 514 g/mol. The maximum absolute atomic E-state index is 4.73. The van der Waals surface area contributed by atoms with Crippen molar-refractivity contribution in [3.05, 3.63) is 13.3 Å². The predicted molar refractivity (Wildman–Crippen MR) is 56.3 cm³/mol. The molecule has 0 aliphatic rings. The van der Waals surface area contributed by atoms with E-state index in [-0.39, 0.29) is 86.5 Å². The Hall–Kier alpha value is 3.25. The fraction of sp³-hybridized carbons (Fsp3) is 0.800. The zero-order valence-corrected chi connectivity index (χ0v) is 19.1. The maximum Gasteiger partial charge on any atom is 2.00 e. The molecule has 80 valence electrons. The molecule has 0 aromatic heterocycles. The fourth-order valence-electron chi connectivity index (χ4n) is 0.372. The maximum atomic E-state index is 4.73. The van der Waals surface area contributed by atoms with Crippen molar-refractivity contribution >= 4 is 12.6 Å². The molecule has 0 rings (SSSR count). The van der Waals surface area contributed by atoms with Gasteiger partial charge in [0.1, 0.15) is 0 Å². The van der Waals surface area contributed by atoms with Gasteiger partial charge >= 0.3 is 21.1 Å². The van der Waals surface area contributed by atoms with Crippen LogP contribution in [0.1, 0.15) is 40.0 Å². The van der Waals surface area contributed by atoms with Gasteiger partial charge in [0.2, 0.25) is 0 Å². The average Bonchev–Trinajstić information content (AvgIpc) is 2.06. The largest absolute Gasteiger partial charge is 2.00 e. The smallest absolute Gasteiger partial charge is 0.792 e. The summed E-state index contributed by atoms with van der Waals surface area (Å²) in [5, 5.41) is 0. The minimum Gasteiger partial charge on any atom is -0.792 e. The molecule has 14 heavy (non-hydrogen) atoms. The predicted octanol–water partition coefficient (Wildman–Crippen LogP) is 3.40. The van der Waals surface area contributed by atoms with Crippen LogP contribution >= 0.6 is 0 Å². The van der Waals surface area contributed by atoms with E-state index in [1.165, 1.54) is 12.8 Å². The van der Waals surface area contributed by atoms with E-state index in [1.54, 1.807) is 0 Å². The van der Waals surface area contributed by atoms with Crippen molar-refractivity contribution in [3.63, 3.8) is 0 Å². The Morgan fingerprint density at radius 3 is 1.79 bits per heavy atom. The summed E-state index contributed by atoms with van der Waals surface area (Å²) in [6.07, 6.45) is 5.71. The minimum absolute atomic E-state index is 0. The van der Waals surface area contributed by atoms with Crippen LogP contribution in [-0.4, -0.2) is 5.75 Å². The van der Waals surface area contributed by atoms with E-state index in [9.17, 15) is 0 Å². The summed E-state index contributed by atoms with van der Waals surface area (Å²) in [5.74, 6) is 1.49. The Morgan fingerprint density at radius 1 is 1.36 bits per heavy atom. The van der Waals surface area contributed by atoms with E-state index in [1.807, 2.05) is 0 Å². The van der Waals surface area contributed by atoms with Gasteiger partial charge in [-0.15, -0.1) is 0 Å². The zero-order chi connectivity index (χ0) is 9.11. The molecule has 1 atom stereocenters. The van der Waals surface area contributed by atoms with Crippen molar-refractivity contribution in [2.75, 3.05) is 5.75 Å². The van der Waals surface area contributed by atoms with Crippen LogP contribution in [0.5, 0.6) is 0 Å². The van der Waals surface area contributed by atoms with Gasteiger partial charge in [-0.2, -0.15) is 25.5 Å². The van der Waals surface area contributed by atoms with Gasteiger partial charge in [-0.1, -0.05) is 26.2 Å². The van der Waals surface area contributed by atoms with Crippen LogP contribution in [0.4, 0.5) is 0 Å². The van der Waals surface area contributed by atoms with E-state index < -0.39 is 0 Å². The second-order valence-corrected chi connectivity index (χ2v) is 3.09. The molecule has 0 heterocycles. The van der Waals surface area contributed by atoms with Crippen molar-refractivity contribution < 1.29 is 86.5 Å². The normalized spacial score (nSPS) is 9.21. The van der Waals surface area contributed by atoms with E-state index in [4.69, 9.17) is 12.6 Å². The van der Waals surface area contributed by atoms with E-state index in [0.717, 1.165) is 12.2 Å². The topological polar surface area (TPSA) is 0 Å². The third-order valence-corrected chi connectivity index (χ3v) is 1.92. The molecular formula is C10H21SWY2-. The Bertz CT molecular complexity index is 60.1. The molecule has 0 spiro atoms. The van der Waals surface area contributed by atoms with Crippen LogP contribution in [0.3, 0.4) is 0 Å². The second kappa shape index (κ2) is 29.9. The van der Waals surface area contributed by atoms with Crippen molar-refractivity contribution in [1.82, 2.24) is 0 Å². The van der Waals surface area contributed by atoms with E-state index in [0.29, 0.717) is 5.92 Å². The number of rotatable bonds is 4. The zero-order valence-electron chi connectivity index (χ0n) is 9.66. The molecule has 0 nitrogen and oxygen atoms in total. The molecule has 2 radical (unpaired) electrons. The molecule has 4 heteroatoms. The van der Waals surface area contributed by atoms with Crippen molar-refractivity contribution in [2.45, 2.75) is 40.0 Å². The average molecular weight is 535 g/mol. The number of hydrogen-bond acceptors (Lipinski definition) is 1. The third kappa shape index (κ3) is 36.2. The molecule has 0 N–H and O–H groups in total. The molecule has 1 unspecified atom stereocenters. The van der Waals surface area contributed by atoms with Gasteiger partial charge in [0.15, 0.2) is 0 Å². The summed E-state index contributed by atoms with van der Waals surface area (Å²) in [6, 6.07) is 0. The summed E-state index contributed by atoms with van der Waals surface area (Å²) in [6.45, 7) is 10.1. The van der Waals surface area contributed by atoms with Gasteiger partial charge in [0.25, 0.3) is 0 Å². The van der Waals surface area contributed by atoms with Gasteiger partial charge in [-0.05, 0) is 0 Å². The number of unbranched alkanes of at least 4 members (excludes halogenated alkanes) is 2. The summed E-state index contributed by atoms with van der Waals surface area (Å²) in [4.78, 5) is 0. The van der Waals surface area contributed by atoms with E-state index >= 15 is 0 Å². The molecule has 0 aliphatic carbocycles. The first kappa shape index (κ1) is 30.4. The van der Waals surface area contributed by atoms with Crippen LogP contribution in [0.15, 0.2) is 0 Å². The minimum atomic E-state index is 0. The Morgan fingerprint density at radius 2 is 1.79 bits per heavy atom. The van der Waals surface area contributed by atoms with Crippen LogP contribution in [0.25, 0.3) is 0 Å². The number of hydrogen-bond donors (Lipinski definition) is 0. The van der Waals surface area contributed by atoms with Crippen molar-refractivity contribution in [3.8, 4) is 0 Å². The van der Waals surface area contributed by atoms with Crippen LogP contribution in [-0.2, 0) is 99.1 Å². The SMILES string of the molecule is C[CH-]CCC.[CH2-]CC(C)C[S-].[W+2].[Y].[Y]. The summed E-state index contributed by atoms with van der Waals surface area (Å²) < 4.78 is 0. The molecule has 0 saturated heterocycles. The van der Waals surface area contributed by atoms with Crippen LogP contribution in [0, 0.1) is 19.3 Å². The molecule has 0 aliphatic heterocycles. The van der Waals surface area contributed by atoms with Gasteiger partial charge in [-0.25, -0.2) is 0 Å². The van der Waals surface area contributed by atoms with Crippen molar-refractivity contribution in [1.29, 1.82) is 0 Å². The Kier molecular flexibility index (Phi) is 64.7. The molecule has 0 saturated carbocycles. The van der Waals surface area contributed by atoms with Gasteiger partial charge < -0.3 is 26.0 Å². The van der Waals surface area contributed by atoms with Gasteiger partial charge in [-0.3, -0.25) is 0 Å². The van der Waals surface area contributed by atoms with Gasteiger partial charge in [0, 0.05) is 65.4 Å².